The van der Waals surface area contributed by atoms with Gasteiger partial charge >= 0.3 is 6.01 Å². The van der Waals surface area contributed by atoms with Crippen LogP contribution in [0, 0.1) is 0 Å². The highest BCUT2D eigenvalue weighted by molar-refractivity contribution is 6.06. The molecule has 3 aromatic heterocycles. The molecule has 0 unspecified atom stereocenters. The number of amides is 1. The number of para-hydroxylation sites is 1. The van der Waals surface area contributed by atoms with Crippen molar-refractivity contribution >= 4 is 22.6 Å². The van der Waals surface area contributed by atoms with E-state index < -0.39 is 0 Å². The van der Waals surface area contributed by atoms with Crippen LogP contribution in [0.3, 0.4) is 0 Å². The molecular weight excluding hydrogens is 480 g/mol. The normalized spacial score (nSPS) is 15.2. The molecule has 5 rings (SSSR count). The number of nitrogens with zero attached hydrogens (tertiary/aromatic N) is 6. The maximum absolute atomic E-state index is 12.3. The van der Waals surface area contributed by atoms with Crippen LogP contribution in [0.25, 0.3) is 22.2 Å². The molecule has 1 saturated heterocycles. The van der Waals surface area contributed by atoms with E-state index in [0.717, 1.165) is 53.7 Å². The first-order valence-corrected chi connectivity index (χ1v) is 12.8. The Hall–Kier alpha value is -4.18. The van der Waals surface area contributed by atoms with E-state index in [9.17, 15) is 4.79 Å². The van der Waals surface area contributed by atoms with Crippen molar-refractivity contribution in [2.45, 2.75) is 31.8 Å². The zero-order valence-electron chi connectivity index (χ0n) is 21.9. The first-order valence-electron chi connectivity index (χ1n) is 12.8. The number of ether oxygens (including phenoxy) is 1. The second kappa shape index (κ2) is 11.5. The molecule has 0 spiro atoms. The van der Waals surface area contributed by atoms with Crippen molar-refractivity contribution in [1.82, 2.24) is 35.1 Å². The fraction of sp³-hybridized carbons (Fsp3) is 0.357. The quantitative estimate of drug-likeness (QED) is 0.365. The summed E-state index contributed by atoms with van der Waals surface area (Å²) in [5, 5.41) is 6.94. The van der Waals surface area contributed by atoms with Gasteiger partial charge in [0.2, 0.25) is 0 Å². The van der Waals surface area contributed by atoms with Crippen molar-refractivity contribution in [3.8, 4) is 17.3 Å². The maximum atomic E-state index is 12.3. The molecule has 0 bridgehead atoms. The van der Waals surface area contributed by atoms with Crippen LogP contribution in [0.4, 0.5) is 5.82 Å². The predicted molar refractivity (Wildman–Crippen MR) is 146 cm³/mol. The number of carbonyl (C=O) groups is 1. The molecular formula is C28H32N8O2. The molecule has 10 nitrogen and oxygen atoms in total. The molecule has 1 aliphatic heterocycles. The predicted octanol–water partition coefficient (Wildman–Crippen LogP) is 3.53. The minimum atomic E-state index is -0.126. The average Bonchev–Trinajstić information content (AvgIpc) is 2.96. The van der Waals surface area contributed by atoms with Gasteiger partial charge in [-0.05, 0) is 31.5 Å². The second-order valence-electron chi connectivity index (χ2n) is 9.63. The van der Waals surface area contributed by atoms with Crippen LogP contribution in [-0.4, -0.2) is 75.6 Å². The SMILES string of the molecule is CNC(=O)c1ccnc2c([C@H](C)CNc3cc(-c4cnc(OC5CCN(C)CC5)nc4)ncn3)cccc12. The molecule has 0 aliphatic carbocycles. The van der Waals surface area contributed by atoms with Gasteiger partial charge in [-0.2, -0.15) is 0 Å². The zero-order valence-corrected chi connectivity index (χ0v) is 21.9. The molecule has 196 valence electrons. The van der Waals surface area contributed by atoms with Gasteiger partial charge in [0.05, 0.1) is 16.8 Å². The Bertz CT molecular complexity index is 1400. The molecule has 1 aromatic carbocycles. The highest BCUT2D eigenvalue weighted by atomic mass is 16.5. The van der Waals surface area contributed by atoms with E-state index in [-0.39, 0.29) is 17.9 Å². The summed E-state index contributed by atoms with van der Waals surface area (Å²) < 4.78 is 5.96. The van der Waals surface area contributed by atoms with Crippen molar-refractivity contribution in [2.24, 2.45) is 0 Å². The Morgan fingerprint density at radius 3 is 2.66 bits per heavy atom. The van der Waals surface area contributed by atoms with Gasteiger partial charge in [0.25, 0.3) is 5.91 Å². The van der Waals surface area contributed by atoms with Crippen LogP contribution in [-0.2, 0) is 0 Å². The van der Waals surface area contributed by atoms with Crippen LogP contribution in [0.2, 0.25) is 0 Å². The minimum Gasteiger partial charge on any atom is -0.460 e. The Balaban J connectivity index is 1.25. The topological polar surface area (TPSA) is 118 Å². The molecule has 4 heterocycles. The third-order valence-electron chi connectivity index (χ3n) is 6.92. The van der Waals surface area contributed by atoms with Gasteiger partial charge in [-0.3, -0.25) is 9.78 Å². The van der Waals surface area contributed by atoms with Crippen LogP contribution < -0.4 is 15.4 Å². The zero-order chi connectivity index (χ0) is 26.5. The molecule has 1 aliphatic rings. The van der Waals surface area contributed by atoms with Gasteiger partial charge in [0.15, 0.2) is 0 Å². The van der Waals surface area contributed by atoms with Crippen molar-refractivity contribution < 1.29 is 9.53 Å². The van der Waals surface area contributed by atoms with Gasteiger partial charge in [-0.1, -0.05) is 25.1 Å². The van der Waals surface area contributed by atoms with E-state index >= 15 is 0 Å². The summed E-state index contributed by atoms with van der Waals surface area (Å²) in [5.74, 6) is 0.691. The molecule has 38 heavy (non-hydrogen) atoms. The smallest absolute Gasteiger partial charge is 0.316 e. The van der Waals surface area contributed by atoms with Crippen molar-refractivity contribution in [1.29, 1.82) is 0 Å². The summed E-state index contributed by atoms with van der Waals surface area (Å²) in [6.45, 7) is 4.79. The van der Waals surface area contributed by atoms with Gasteiger partial charge in [0.1, 0.15) is 18.2 Å². The molecule has 4 aromatic rings. The minimum absolute atomic E-state index is 0.115. The second-order valence-corrected chi connectivity index (χ2v) is 9.63. The lowest BCUT2D eigenvalue weighted by molar-refractivity contribution is 0.0964. The van der Waals surface area contributed by atoms with Gasteiger partial charge in [0, 0.05) is 68.2 Å². The molecule has 1 atom stereocenters. The summed E-state index contributed by atoms with van der Waals surface area (Å²) in [4.78, 5) is 36.8. The monoisotopic (exact) mass is 512 g/mol. The van der Waals surface area contributed by atoms with Crippen LogP contribution in [0.15, 0.2) is 55.2 Å². The summed E-state index contributed by atoms with van der Waals surface area (Å²) in [6.07, 6.45) is 8.78. The molecule has 1 fully saturated rings. The summed E-state index contributed by atoms with van der Waals surface area (Å²) >= 11 is 0. The largest absolute Gasteiger partial charge is 0.460 e. The molecule has 1 amide bonds. The third kappa shape index (κ3) is 5.70. The van der Waals surface area contributed by atoms with E-state index in [4.69, 9.17) is 4.74 Å². The van der Waals surface area contributed by atoms with Crippen molar-refractivity contribution in [3.63, 3.8) is 0 Å². The van der Waals surface area contributed by atoms with E-state index in [1.165, 1.54) is 6.33 Å². The number of fused-ring (bicyclic) bond motifs is 1. The Morgan fingerprint density at radius 1 is 1.11 bits per heavy atom. The number of hydrogen-bond donors (Lipinski definition) is 2. The first kappa shape index (κ1) is 25.5. The summed E-state index contributed by atoms with van der Waals surface area (Å²) in [6, 6.07) is 9.96. The standard InChI is InChI=1S/C28H32N8O2/c1-18(21-5-4-6-22-23(27(37)29-2)7-10-30-26(21)22)14-31-25-13-24(34-17-35-25)19-15-32-28(33-16-19)38-20-8-11-36(3)12-9-20/h4-7,10,13,15-18,20H,8-9,11-12,14H2,1-3H3,(H,29,37)(H,31,34,35)/t18-/m1/s1. The van der Waals surface area contributed by atoms with Gasteiger partial charge in [-0.15, -0.1) is 0 Å². The average molecular weight is 513 g/mol. The van der Waals surface area contributed by atoms with Crippen molar-refractivity contribution in [3.05, 3.63) is 66.4 Å². The Kier molecular flexibility index (Phi) is 7.69. The van der Waals surface area contributed by atoms with Crippen LogP contribution >= 0.6 is 0 Å². The number of likely N-dealkylation sites (tertiary alicyclic amines) is 1. The number of piperidine rings is 1. The Morgan fingerprint density at radius 2 is 1.89 bits per heavy atom. The molecule has 0 radical (unpaired) electrons. The lowest BCUT2D eigenvalue weighted by Gasteiger charge is -2.28. The van der Waals surface area contributed by atoms with E-state index in [1.807, 2.05) is 24.3 Å². The van der Waals surface area contributed by atoms with Crippen LogP contribution in [0.5, 0.6) is 6.01 Å². The highest BCUT2D eigenvalue weighted by Gasteiger charge is 2.19. The van der Waals surface area contributed by atoms with Gasteiger partial charge in [-0.25, -0.2) is 19.9 Å². The number of carbonyl (C=O) groups excluding carboxylic acids is 1. The van der Waals surface area contributed by atoms with E-state index in [1.54, 1.807) is 31.7 Å². The fourth-order valence-electron chi connectivity index (χ4n) is 4.67. The van der Waals surface area contributed by atoms with Crippen molar-refractivity contribution in [2.75, 3.05) is 39.0 Å². The third-order valence-corrected chi connectivity index (χ3v) is 6.92. The number of benzene rings is 1. The Labute approximate surface area is 221 Å². The number of aromatic nitrogens is 5. The summed E-state index contributed by atoms with van der Waals surface area (Å²) in [7, 11) is 3.75. The lowest BCUT2D eigenvalue weighted by atomic mass is 9.96. The highest BCUT2D eigenvalue weighted by Crippen LogP contribution is 2.27. The fourth-order valence-corrected chi connectivity index (χ4v) is 4.67. The number of rotatable bonds is 8. The molecule has 10 heteroatoms. The first-order chi connectivity index (χ1) is 18.5. The van der Waals surface area contributed by atoms with Gasteiger partial charge < -0.3 is 20.3 Å². The number of nitrogens with one attached hydrogen (secondary N) is 2. The molecule has 2 N–H and O–H groups in total. The number of anilines is 1. The number of pyridine rings is 1. The molecule has 0 saturated carbocycles. The van der Waals surface area contributed by atoms with E-state index in [2.05, 4.69) is 54.4 Å². The maximum Gasteiger partial charge on any atom is 0.316 e. The van der Waals surface area contributed by atoms with E-state index in [0.29, 0.717) is 23.9 Å². The number of hydrogen-bond acceptors (Lipinski definition) is 9. The lowest BCUT2D eigenvalue weighted by Crippen LogP contribution is -2.35. The summed E-state index contributed by atoms with van der Waals surface area (Å²) in [5.41, 5.74) is 4.02. The van der Waals surface area contributed by atoms with Crippen LogP contribution in [0.1, 0.15) is 41.6 Å².